The molecule has 3 aromatic heterocycles. The van der Waals surface area contributed by atoms with Crippen LogP contribution in [-0.2, 0) is 12.8 Å². The van der Waals surface area contributed by atoms with Gasteiger partial charge in [0.05, 0.1) is 23.9 Å². The lowest BCUT2D eigenvalue weighted by Gasteiger charge is -2.43. The Morgan fingerprint density at radius 2 is 1.57 bits per heavy atom. The molecule has 6 heterocycles. The average Bonchev–Trinajstić information content (AvgIpc) is 4.04. The topological polar surface area (TPSA) is 116 Å². The summed E-state index contributed by atoms with van der Waals surface area (Å²) < 4.78 is 7.85. The number of phenols is 1. The van der Waals surface area contributed by atoms with Gasteiger partial charge in [-0.15, -0.1) is 21.5 Å². The van der Waals surface area contributed by atoms with Crippen LogP contribution >= 0.6 is 11.3 Å². The lowest BCUT2D eigenvalue weighted by molar-refractivity contribution is -0.0213. The molecule has 0 spiro atoms. The summed E-state index contributed by atoms with van der Waals surface area (Å²) in [5.41, 5.74) is 11.6. The first-order valence-electron chi connectivity index (χ1n) is 23.4. The quantitative estimate of drug-likeness (QED) is 0.147. The monoisotopic (exact) mass is 883 g/mol. The zero-order valence-corrected chi connectivity index (χ0v) is 38.3. The van der Waals surface area contributed by atoms with E-state index in [4.69, 9.17) is 9.41 Å². The van der Waals surface area contributed by atoms with Gasteiger partial charge >= 0.3 is 0 Å². The van der Waals surface area contributed by atoms with Crippen LogP contribution in [0.1, 0.15) is 123 Å². The van der Waals surface area contributed by atoms with Gasteiger partial charge in [0.1, 0.15) is 28.9 Å². The van der Waals surface area contributed by atoms with E-state index in [0.29, 0.717) is 29.9 Å². The summed E-state index contributed by atoms with van der Waals surface area (Å²) in [5, 5.41) is 32.4. The van der Waals surface area contributed by atoms with Crippen LogP contribution in [0.15, 0.2) is 119 Å². The van der Waals surface area contributed by atoms with Gasteiger partial charge in [-0.05, 0) is 142 Å². The largest absolute Gasteiger partial charge is 0.508 e. The molecule has 7 aromatic rings. The van der Waals surface area contributed by atoms with Crippen molar-refractivity contribution in [1.29, 1.82) is 0 Å². The minimum atomic E-state index is -0.692. The number of nitrogens with zero attached hydrogens (tertiary/aromatic N) is 7. The predicted molar refractivity (Wildman–Crippen MR) is 257 cm³/mol. The SMILES string of the molecule is Cc1sc2c(c1C)C(c1ccc(N3CCC(O)(CN4CCC(c5ccc([C@@H]6c7ccc(O)cc7CC[C@@H]6c6ccccc6)cc5)CC4)CC3)cc1)=N[C@@H](Cc1ncco1)c1nnc(C)n1-2. The van der Waals surface area contributed by atoms with Crippen LogP contribution in [0.2, 0.25) is 0 Å². The molecule has 4 aromatic carbocycles. The van der Waals surface area contributed by atoms with Crippen molar-refractivity contribution in [2.75, 3.05) is 37.6 Å². The van der Waals surface area contributed by atoms with Crippen molar-refractivity contribution in [2.24, 2.45) is 4.99 Å². The van der Waals surface area contributed by atoms with E-state index >= 15 is 0 Å². The molecule has 65 heavy (non-hydrogen) atoms. The smallest absolute Gasteiger partial charge is 0.196 e. The maximum Gasteiger partial charge on any atom is 0.196 e. The highest BCUT2D eigenvalue weighted by atomic mass is 32.1. The fourth-order valence-electron chi connectivity index (χ4n) is 11.3. The number of rotatable bonds is 9. The number of oxazole rings is 1. The van der Waals surface area contributed by atoms with E-state index < -0.39 is 5.60 Å². The van der Waals surface area contributed by atoms with Crippen LogP contribution < -0.4 is 4.90 Å². The zero-order chi connectivity index (χ0) is 44.2. The maximum atomic E-state index is 11.9. The van der Waals surface area contributed by atoms with Crippen molar-refractivity contribution in [3.63, 3.8) is 0 Å². The van der Waals surface area contributed by atoms with Crippen LogP contribution in [-0.4, -0.2) is 78.9 Å². The number of thiophene rings is 1. The number of piperidine rings is 2. The molecule has 0 unspecified atom stereocenters. The molecule has 4 aliphatic rings. The average molecular weight is 884 g/mol. The third-order valence-corrected chi connectivity index (χ3v) is 16.2. The number of aliphatic hydroxyl groups is 1. The lowest BCUT2D eigenvalue weighted by Crippen LogP contribution is -2.52. The number of fused-ring (bicyclic) bond motifs is 4. The number of anilines is 1. The van der Waals surface area contributed by atoms with Crippen molar-refractivity contribution in [2.45, 2.75) is 95.1 Å². The third kappa shape index (κ3) is 8.02. The van der Waals surface area contributed by atoms with Crippen molar-refractivity contribution in [3.05, 3.63) is 176 Å². The molecule has 0 saturated carbocycles. The van der Waals surface area contributed by atoms with Crippen LogP contribution in [0.4, 0.5) is 5.69 Å². The second-order valence-corrected chi connectivity index (χ2v) is 20.1. The second-order valence-electron chi connectivity index (χ2n) is 18.9. The van der Waals surface area contributed by atoms with Gasteiger partial charge in [0.25, 0.3) is 0 Å². The van der Waals surface area contributed by atoms with Gasteiger partial charge in [-0.1, -0.05) is 72.8 Å². The normalized spacial score (nSPS) is 21.0. The predicted octanol–water partition coefficient (Wildman–Crippen LogP) is 10.2. The number of likely N-dealkylation sites (tertiary alicyclic amines) is 1. The zero-order valence-electron chi connectivity index (χ0n) is 37.5. The van der Waals surface area contributed by atoms with E-state index in [0.717, 1.165) is 105 Å². The molecule has 2 N–H and O–H groups in total. The first-order chi connectivity index (χ1) is 31.7. The summed E-state index contributed by atoms with van der Waals surface area (Å²) in [6, 6.07) is 34.9. The Morgan fingerprint density at radius 1 is 0.815 bits per heavy atom. The number of aromatic hydroxyl groups is 1. The molecular weight excluding hydrogens is 827 g/mol. The minimum absolute atomic E-state index is 0.258. The van der Waals surface area contributed by atoms with E-state index in [-0.39, 0.29) is 12.0 Å². The number of phenolic OH excluding ortho intramolecular Hbond substituents is 1. The van der Waals surface area contributed by atoms with Gasteiger partial charge in [0, 0.05) is 47.2 Å². The Morgan fingerprint density at radius 3 is 2.31 bits per heavy atom. The molecule has 10 nitrogen and oxygen atoms in total. The molecular formula is C54H57N7O3S. The fraction of sp³-hybridized carbons (Fsp3) is 0.370. The Balaban J connectivity index is 0.730. The molecule has 1 aliphatic carbocycles. The summed E-state index contributed by atoms with van der Waals surface area (Å²) in [7, 11) is 0. The number of β-amino-alcohol motifs (C(OH)–C–C–N with tert-alkyl or cyclic N) is 1. The number of aliphatic imine (C=N–C) groups is 1. The van der Waals surface area contributed by atoms with Gasteiger partial charge in [0.15, 0.2) is 11.7 Å². The van der Waals surface area contributed by atoms with E-state index in [1.165, 1.54) is 43.9 Å². The van der Waals surface area contributed by atoms with Gasteiger partial charge < -0.3 is 24.4 Å². The molecule has 2 saturated heterocycles. The Labute approximate surface area is 385 Å². The van der Waals surface area contributed by atoms with Crippen LogP contribution in [0.5, 0.6) is 5.75 Å². The van der Waals surface area contributed by atoms with Crippen LogP contribution in [0.3, 0.4) is 0 Å². The second kappa shape index (κ2) is 17.2. The molecule has 332 valence electrons. The molecule has 11 heteroatoms. The first kappa shape index (κ1) is 41.8. The van der Waals surface area contributed by atoms with E-state index in [9.17, 15) is 10.2 Å². The summed E-state index contributed by atoms with van der Waals surface area (Å²) >= 11 is 1.76. The van der Waals surface area contributed by atoms with Crippen molar-refractivity contribution in [1.82, 2.24) is 24.6 Å². The Hall–Kier alpha value is -5.88. The van der Waals surface area contributed by atoms with E-state index in [2.05, 4.69) is 128 Å². The molecule has 11 rings (SSSR count). The Kier molecular flexibility index (Phi) is 11.0. The summed E-state index contributed by atoms with van der Waals surface area (Å²) in [6.07, 6.45) is 9.50. The molecule has 3 atom stereocenters. The molecule has 0 radical (unpaired) electrons. The van der Waals surface area contributed by atoms with Crippen molar-refractivity contribution >= 4 is 22.7 Å². The van der Waals surface area contributed by atoms with Gasteiger partial charge in [-0.25, -0.2) is 4.98 Å². The lowest BCUT2D eigenvalue weighted by atomic mass is 9.69. The Bertz CT molecular complexity index is 2820. The number of aryl methyl sites for hydroxylation is 3. The van der Waals surface area contributed by atoms with Crippen LogP contribution in [0.25, 0.3) is 5.00 Å². The first-order valence-corrected chi connectivity index (χ1v) is 24.3. The van der Waals surface area contributed by atoms with Crippen molar-refractivity contribution < 1.29 is 14.6 Å². The third-order valence-electron chi connectivity index (χ3n) is 15.0. The fourth-order valence-corrected chi connectivity index (χ4v) is 12.5. The van der Waals surface area contributed by atoms with Crippen molar-refractivity contribution in [3.8, 4) is 10.8 Å². The molecule has 2 fully saturated rings. The number of aromatic nitrogens is 4. The number of hydrogen-bond donors (Lipinski definition) is 2. The summed E-state index contributed by atoms with van der Waals surface area (Å²) in [6.45, 7) is 10.7. The van der Waals surface area contributed by atoms with Gasteiger partial charge in [-0.3, -0.25) is 9.56 Å². The molecule has 0 amide bonds. The standard InChI is InChI=1S/C54H57N7O3S/c1-34-35(2)65-53-49(34)51(56-47(32-48-55-25-30-64-48)52-58-57-36(3)61(52)53)41-13-16-43(17-14-41)60-28-23-54(63,24-29-60)33-59-26-21-38(22-27-59)37-9-11-40(12-10-37)50-45(39-7-5-4-6-8-39)19-15-42-31-44(62)18-20-46(42)50/h4-14,16-18,20,25,30-31,38,45,47,50,62-63H,15,19,21-24,26-29,32-33H2,1-3H3/t45-,47+,50+/m1/s1. The number of benzene rings is 4. The number of hydrogen-bond acceptors (Lipinski definition) is 10. The highest BCUT2D eigenvalue weighted by Crippen LogP contribution is 2.47. The van der Waals surface area contributed by atoms with Gasteiger partial charge in [-0.2, -0.15) is 0 Å². The molecule has 0 bridgehead atoms. The van der Waals surface area contributed by atoms with E-state index in [1.54, 1.807) is 23.8 Å². The maximum absolute atomic E-state index is 11.9. The highest BCUT2D eigenvalue weighted by molar-refractivity contribution is 7.15. The molecule has 3 aliphatic heterocycles. The minimum Gasteiger partial charge on any atom is -0.508 e. The van der Waals surface area contributed by atoms with E-state index in [1.807, 2.05) is 19.1 Å². The summed E-state index contributed by atoms with van der Waals surface area (Å²) in [4.78, 5) is 16.0. The summed E-state index contributed by atoms with van der Waals surface area (Å²) in [5.74, 6) is 3.79. The van der Waals surface area contributed by atoms with Gasteiger partial charge in [0.2, 0.25) is 0 Å². The van der Waals surface area contributed by atoms with Crippen LogP contribution in [0, 0.1) is 20.8 Å². The highest BCUT2D eigenvalue weighted by Gasteiger charge is 2.37.